The summed E-state index contributed by atoms with van der Waals surface area (Å²) in [6, 6.07) is 19.2. The lowest BCUT2D eigenvalue weighted by Crippen LogP contribution is -2.09. The molecular formula is C28H24O7. The van der Waals surface area contributed by atoms with Crippen molar-refractivity contribution in [1.29, 1.82) is 0 Å². The zero-order valence-electron chi connectivity index (χ0n) is 19.2. The molecule has 35 heavy (non-hydrogen) atoms. The lowest BCUT2D eigenvalue weighted by atomic mass is 10.1. The average molecular weight is 472 g/mol. The Hall–Kier alpha value is -4.65. The Bertz CT molecular complexity index is 1230. The van der Waals surface area contributed by atoms with Gasteiger partial charge in [-0.3, -0.25) is 4.79 Å². The third-order valence-electron chi connectivity index (χ3n) is 4.88. The summed E-state index contributed by atoms with van der Waals surface area (Å²) in [6.45, 7) is 6.73. The third-order valence-corrected chi connectivity index (χ3v) is 4.88. The lowest BCUT2D eigenvalue weighted by molar-refractivity contribution is -0.134. The first kappa shape index (κ1) is 25.0. The Balaban J connectivity index is 1.55. The second-order valence-electron chi connectivity index (χ2n) is 7.26. The molecule has 0 aliphatic rings. The minimum atomic E-state index is -0.586. The second-order valence-corrected chi connectivity index (χ2v) is 7.26. The Morgan fingerprint density at radius 1 is 0.714 bits per heavy atom. The summed E-state index contributed by atoms with van der Waals surface area (Å²) in [5.74, 6) is 0.0247. The highest BCUT2D eigenvalue weighted by molar-refractivity contribution is 5.84. The SMILES string of the molecule is C=CC(=O)Oc1ccc(-c2ccc(OC(=O)CCc3ccc(OC(=O)C=C)c(OC)c3)cc2)cc1. The third kappa shape index (κ3) is 7.17. The lowest BCUT2D eigenvalue weighted by Gasteiger charge is -2.10. The van der Waals surface area contributed by atoms with Gasteiger partial charge in [0.05, 0.1) is 7.11 Å². The van der Waals surface area contributed by atoms with E-state index in [0.717, 1.165) is 28.8 Å². The molecule has 0 radical (unpaired) electrons. The highest BCUT2D eigenvalue weighted by Crippen LogP contribution is 2.29. The van der Waals surface area contributed by atoms with E-state index in [-0.39, 0.29) is 18.1 Å². The molecule has 0 saturated heterocycles. The smallest absolute Gasteiger partial charge is 0.335 e. The van der Waals surface area contributed by atoms with Crippen LogP contribution in [0.3, 0.4) is 0 Å². The Labute approximate surface area is 203 Å². The van der Waals surface area contributed by atoms with E-state index in [9.17, 15) is 14.4 Å². The number of aryl methyl sites for hydroxylation is 1. The number of hydrogen-bond acceptors (Lipinski definition) is 7. The number of esters is 3. The van der Waals surface area contributed by atoms with Crippen molar-refractivity contribution in [3.63, 3.8) is 0 Å². The number of methoxy groups -OCH3 is 1. The molecule has 0 amide bonds. The molecule has 3 aromatic carbocycles. The molecule has 0 heterocycles. The van der Waals surface area contributed by atoms with Crippen molar-refractivity contribution in [3.05, 3.63) is 97.6 Å². The van der Waals surface area contributed by atoms with Gasteiger partial charge in [-0.25, -0.2) is 9.59 Å². The van der Waals surface area contributed by atoms with Crippen LogP contribution in [0.25, 0.3) is 11.1 Å². The van der Waals surface area contributed by atoms with Crippen molar-refractivity contribution in [2.24, 2.45) is 0 Å². The van der Waals surface area contributed by atoms with Gasteiger partial charge in [0.25, 0.3) is 0 Å². The number of ether oxygens (including phenoxy) is 4. The second kappa shape index (κ2) is 12.0. The molecule has 0 N–H and O–H groups in total. The number of carbonyl (C=O) groups excluding carboxylic acids is 3. The van der Waals surface area contributed by atoms with Gasteiger partial charge < -0.3 is 18.9 Å². The van der Waals surface area contributed by atoms with E-state index in [4.69, 9.17) is 18.9 Å². The molecule has 0 aliphatic heterocycles. The van der Waals surface area contributed by atoms with Crippen molar-refractivity contribution in [1.82, 2.24) is 0 Å². The van der Waals surface area contributed by atoms with Gasteiger partial charge in [0.1, 0.15) is 11.5 Å². The summed E-state index contributed by atoms with van der Waals surface area (Å²) in [7, 11) is 1.47. The average Bonchev–Trinajstić information content (AvgIpc) is 2.88. The molecule has 178 valence electrons. The van der Waals surface area contributed by atoms with Crippen LogP contribution in [-0.4, -0.2) is 25.0 Å². The predicted molar refractivity (Wildman–Crippen MR) is 130 cm³/mol. The van der Waals surface area contributed by atoms with Crippen LogP contribution in [0.15, 0.2) is 92.0 Å². The molecule has 7 nitrogen and oxygen atoms in total. The number of rotatable bonds is 10. The summed E-state index contributed by atoms with van der Waals surface area (Å²) in [4.78, 5) is 35.0. The van der Waals surface area contributed by atoms with Crippen LogP contribution >= 0.6 is 0 Å². The van der Waals surface area contributed by atoms with Crippen LogP contribution in [0.4, 0.5) is 0 Å². The van der Waals surface area contributed by atoms with Gasteiger partial charge in [-0.2, -0.15) is 0 Å². The van der Waals surface area contributed by atoms with Gasteiger partial charge >= 0.3 is 17.9 Å². The van der Waals surface area contributed by atoms with E-state index >= 15 is 0 Å². The summed E-state index contributed by atoms with van der Waals surface area (Å²) in [6.07, 6.45) is 2.74. The standard InChI is InChI=1S/C28H24O7/c1-4-26(29)33-22-12-8-20(9-13-22)21-10-14-23(15-11-21)34-28(31)17-7-19-6-16-24(25(18-19)32-3)35-27(30)5-2/h4-6,8-16,18H,1-2,7,17H2,3H3. The van der Waals surface area contributed by atoms with Crippen LogP contribution in [0.5, 0.6) is 23.0 Å². The maximum atomic E-state index is 12.3. The van der Waals surface area contributed by atoms with E-state index in [1.54, 1.807) is 42.5 Å². The Morgan fingerprint density at radius 3 is 1.80 bits per heavy atom. The monoisotopic (exact) mass is 472 g/mol. The molecule has 0 spiro atoms. The van der Waals surface area contributed by atoms with Gasteiger partial charge in [-0.05, 0) is 59.5 Å². The Morgan fingerprint density at radius 2 is 1.26 bits per heavy atom. The Kier molecular flexibility index (Phi) is 8.56. The number of benzene rings is 3. The van der Waals surface area contributed by atoms with E-state index in [0.29, 0.717) is 23.7 Å². The van der Waals surface area contributed by atoms with Crippen molar-refractivity contribution < 1.29 is 33.3 Å². The maximum absolute atomic E-state index is 12.3. The van der Waals surface area contributed by atoms with E-state index < -0.39 is 11.9 Å². The normalized spacial score (nSPS) is 10.1. The molecule has 0 unspecified atom stereocenters. The minimum Gasteiger partial charge on any atom is -0.493 e. The van der Waals surface area contributed by atoms with E-state index in [2.05, 4.69) is 13.2 Å². The van der Waals surface area contributed by atoms with Crippen molar-refractivity contribution >= 4 is 17.9 Å². The summed E-state index contributed by atoms with van der Waals surface area (Å²) >= 11 is 0. The fraction of sp³-hybridized carbons (Fsp3) is 0.107. The first-order chi connectivity index (χ1) is 16.9. The van der Waals surface area contributed by atoms with Crippen LogP contribution in [0, 0.1) is 0 Å². The zero-order valence-corrected chi connectivity index (χ0v) is 19.2. The summed E-state index contributed by atoms with van der Waals surface area (Å²) in [5.41, 5.74) is 2.66. The summed E-state index contributed by atoms with van der Waals surface area (Å²) in [5, 5.41) is 0. The van der Waals surface area contributed by atoms with Crippen LogP contribution < -0.4 is 18.9 Å². The molecular weight excluding hydrogens is 448 g/mol. The van der Waals surface area contributed by atoms with Gasteiger partial charge in [0, 0.05) is 18.6 Å². The van der Waals surface area contributed by atoms with Crippen LogP contribution in [0.1, 0.15) is 12.0 Å². The molecule has 0 bridgehead atoms. The van der Waals surface area contributed by atoms with Gasteiger partial charge in [0.15, 0.2) is 11.5 Å². The van der Waals surface area contributed by atoms with Crippen molar-refractivity contribution in [3.8, 4) is 34.1 Å². The van der Waals surface area contributed by atoms with Crippen LogP contribution in [-0.2, 0) is 20.8 Å². The minimum absolute atomic E-state index is 0.154. The highest BCUT2D eigenvalue weighted by Gasteiger charge is 2.11. The van der Waals surface area contributed by atoms with E-state index in [1.807, 2.05) is 24.3 Å². The number of hydrogen-bond donors (Lipinski definition) is 0. The zero-order chi connectivity index (χ0) is 25.2. The first-order valence-corrected chi connectivity index (χ1v) is 10.7. The number of carbonyl (C=O) groups is 3. The summed E-state index contributed by atoms with van der Waals surface area (Å²) < 4.78 is 20.9. The molecule has 0 aliphatic carbocycles. The van der Waals surface area contributed by atoms with Gasteiger partial charge in [0.2, 0.25) is 0 Å². The molecule has 0 aromatic heterocycles. The molecule has 3 rings (SSSR count). The molecule has 3 aromatic rings. The predicted octanol–water partition coefficient (Wildman–Crippen LogP) is 5.08. The van der Waals surface area contributed by atoms with Crippen molar-refractivity contribution in [2.45, 2.75) is 12.8 Å². The molecule has 0 fully saturated rings. The quantitative estimate of drug-likeness (QED) is 0.231. The van der Waals surface area contributed by atoms with Gasteiger partial charge in [-0.1, -0.05) is 43.5 Å². The fourth-order valence-corrected chi connectivity index (χ4v) is 3.12. The van der Waals surface area contributed by atoms with Crippen LogP contribution in [0.2, 0.25) is 0 Å². The topological polar surface area (TPSA) is 88.1 Å². The molecule has 0 atom stereocenters. The highest BCUT2D eigenvalue weighted by atomic mass is 16.6. The fourth-order valence-electron chi connectivity index (χ4n) is 3.12. The molecule has 0 saturated carbocycles. The maximum Gasteiger partial charge on any atom is 0.335 e. The largest absolute Gasteiger partial charge is 0.493 e. The van der Waals surface area contributed by atoms with Crippen molar-refractivity contribution in [2.75, 3.05) is 7.11 Å². The van der Waals surface area contributed by atoms with E-state index in [1.165, 1.54) is 7.11 Å². The first-order valence-electron chi connectivity index (χ1n) is 10.7. The van der Waals surface area contributed by atoms with Gasteiger partial charge in [-0.15, -0.1) is 0 Å². The molecule has 7 heteroatoms.